The number of aliphatic hydroxyl groups excluding tert-OH is 5. The number of hydrogen-bond donors (Lipinski definition) is 11. The fraction of sp³-hybridized carbons (Fsp3) is 0.280. The predicted molar refractivity (Wildman–Crippen MR) is 138 cm³/mol. The quantitative estimate of drug-likeness (QED) is 0.102. The van der Waals surface area contributed by atoms with Gasteiger partial charge in [0, 0.05) is 5.92 Å². The van der Waals surface area contributed by atoms with Gasteiger partial charge >= 0.3 is 12.1 Å². The Hall–Kier alpha value is -5.14. The molecule has 0 bridgehead atoms. The molecule has 5 unspecified atom stereocenters. The van der Waals surface area contributed by atoms with Crippen LogP contribution in [0.3, 0.4) is 0 Å². The van der Waals surface area contributed by atoms with E-state index in [4.69, 9.17) is 14.9 Å². The zero-order valence-corrected chi connectivity index (χ0v) is 21.8. The van der Waals surface area contributed by atoms with E-state index in [0.29, 0.717) is 0 Å². The maximum atomic E-state index is 12.2. The van der Waals surface area contributed by atoms with E-state index in [0.717, 1.165) is 22.3 Å². The number of benzene rings is 2. The summed E-state index contributed by atoms with van der Waals surface area (Å²) in [6, 6.07) is 15.0. The van der Waals surface area contributed by atoms with Crippen LogP contribution in [0.4, 0.5) is 4.79 Å². The number of nitrogens with one attached hydrogen (secondary N) is 5. The van der Waals surface area contributed by atoms with Gasteiger partial charge in [0.1, 0.15) is 6.61 Å². The Kier molecular flexibility index (Phi) is 10.7. The molecule has 230 valence electrons. The lowest BCUT2D eigenvalue weighted by atomic mass is 9.98. The maximum Gasteiger partial charge on any atom is 0.409 e. The van der Waals surface area contributed by atoms with Gasteiger partial charge < -0.3 is 56.6 Å². The second-order valence-electron chi connectivity index (χ2n) is 8.86. The smallest absolute Gasteiger partial charge is 0.409 e. The third-order valence-electron chi connectivity index (χ3n) is 5.94. The molecular weight excluding hydrogens is 578 g/mol. The van der Waals surface area contributed by atoms with Crippen molar-refractivity contribution >= 4 is 35.7 Å². The highest BCUT2D eigenvalue weighted by Crippen LogP contribution is 2.44. The lowest BCUT2D eigenvalue weighted by Gasteiger charge is -2.20. The Bertz CT molecular complexity index is 1360. The Labute approximate surface area is 241 Å². The minimum absolute atomic E-state index is 0.143. The van der Waals surface area contributed by atoms with E-state index in [1.54, 1.807) is 5.32 Å². The van der Waals surface area contributed by atoms with Gasteiger partial charge in [-0.3, -0.25) is 24.5 Å². The summed E-state index contributed by atoms with van der Waals surface area (Å²) in [4.78, 5) is 70.1. The van der Waals surface area contributed by atoms with Gasteiger partial charge in [0.2, 0.25) is 31.1 Å². The summed E-state index contributed by atoms with van der Waals surface area (Å²) in [5.41, 5.74) is 3.77. The van der Waals surface area contributed by atoms with Crippen molar-refractivity contribution in [2.75, 3.05) is 6.61 Å². The number of rotatable bonds is 12. The Balaban J connectivity index is 1.44. The van der Waals surface area contributed by atoms with Crippen LogP contribution >= 0.6 is 0 Å². The molecule has 18 heteroatoms. The summed E-state index contributed by atoms with van der Waals surface area (Å²) < 4.78 is 5.17. The monoisotopic (exact) mass is 605 g/mol. The lowest BCUT2D eigenvalue weighted by Crippen LogP contribution is -2.58. The summed E-state index contributed by atoms with van der Waals surface area (Å²) in [5, 5.41) is 64.2. The van der Waals surface area contributed by atoms with Gasteiger partial charge in [0.15, 0.2) is 0 Å². The number of fused-ring (bicyclic) bond motifs is 3. The summed E-state index contributed by atoms with van der Waals surface area (Å²) >= 11 is 0. The van der Waals surface area contributed by atoms with Gasteiger partial charge in [-0.05, 0) is 22.3 Å². The minimum Gasteiger partial charge on any atom is -0.478 e. The fourth-order valence-corrected chi connectivity index (χ4v) is 3.93. The molecule has 3 rings (SSSR count). The first-order valence-electron chi connectivity index (χ1n) is 12.3. The van der Waals surface area contributed by atoms with Gasteiger partial charge in [-0.1, -0.05) is 48.5 Å². The number of alkyl carbamates (subject to hydrolysis) is 1. The van der Waals surface area contributed by atoms with E-state index in [1.165, 1.54) is 16.0 Å². The molecule has 1 aliphatic rings. The first-order chi connectivity index (χ1) is 20.3. The van der Waals surface area contributed by atoms with Crippen molar-refractivity contribution in [3.8, 4) is 11.1 Å². The average molecular weight is 606 g/mol. The number of amides is 5. The zero-order valence-electron chi connectivity index (χ0n) is 21.8. The van der Waals surface area contributed by atoms with Crippen molar-refractivity contribution in [2.45, 2.75) is 37.1 Å². The highest BCUT2D eigenvalue weighted by atomic mass is 16.6. The van der Waals surface area contributed by atoms with E-state index in [-0.39, 0.29) is 12.5 Å². The standard InChI is InChI=1S/C25H27N5O13/c31-15(16(32)27-19(35)20(36)29-23(39)24(40)41)26-17(33)18(34)28-21(37)22(38)30-25(42)43-9-14-12-7-3-1-5-10(12)11-6-2-4-8-13(11)14/h1-8,14-15,18-19,22-23,31,34-35,38-39H,9H2,(H,26,33)(H,27,32)(H,28,37)(H,29,36)(H,30,42)(H,40,41). The zero-order chi connectivity index (χ0) is 31.8. The second-order valence-corrected chi connectivity index (χ2v) is 8.86. The van der Waals surface area contributed by atoms with Crippen LogP contribution in [0.15, 0.2) is 48.5 Å². The molecule has 5 atom stereocenters. The molecule has 0 heterocycles. The number of carboxylic acids is 1. The number of carboxylic acid groups (broad SMARTS) is 1. The maximum absolute atomic E-state index is 12.2. The molecule has 0 aliphatic heterocycles. The van der Waals surface area contributed by atoms with Crippen molar-refractivity contribution < 1.29 is 64.1 Å². The number of hydrogen-bond acceptors (Lipinski definition) is 12. The van der Waals surface area contributed by atoms with Gasteiger partial charge in [-0.2, -0.15) is 0 Å². The summed E-state index contributed by atoms with van der Waals surface area (Å²) in [6.07, 6.45) is -13.4. The van der Waals surface area contributed by atoms with Crippen molar-refractivity contribution in [1.82, 2.24) is 26.6 Å². The van der Waals surface area contributed by atoms with Crippen molar-refractivity contribution in [3.05, 3.63) is 59.7 Å². The molecule has 0 spiro atoms. The van der Waals surface area contributed by atoms with Crippen molar-refractivity contribution in [3.63, 3.8) is 0 Å². The van der Waals surface area contributed by atoms with Crippen LogP contribution in [0.5, 0.6) is 0 Å². The molecule has 43 heavy (non-hydrogen) atoms. The topological polar surface area (TPSA) is 293 Å². The van der Waals surface area contributed by atoms with E-state index >= 15 is 0 Å². The molecule has 2 aromatic carbocycles. The van der Waals surface area contributed by atoms with Crippen LogP contribution < -0.4 is 26.6 Å². The number of carbonyl (C=O) groups is 6. The van der Waals surface area contributed by atoms with Crippen LogP contribution in [0.25, 0.3) is 11.1 Å². The predicted octanol–water partition coefficient (Wildman–Crippen LogP) is -4.33. The number of aliphatic carboxylic acids is 1. The van der Waals surface area contributed by atoms with E-state index in [2.05, 4.69) is 0 Å². The summed E-state index contributed by atoms with van der Waals surface area (Å²) in [7, 11) is 0. The fourth-order valence-electron chi connectivity index (χ4n) is 3.93. The van der Waals surface area contributed by atoms with Crippen molar-refractivity contribution in [2.24, 2.45) is 0 Å². The molecule has 0 radical (unpaired) electrons. The third-order valence-corrected chi connectivity index (χ3v) is 5.94. The van der Waals surface area contributed by atoms with Crippen molar-refractivity contribution in [1.29, 1.82) is 0 Å². The van der Waals surface area contributed by atoms with Crippen LogP contribution in [0.2, 0.25) is 0 Å². The molecule has 5 amide bonds. The Morgan fingerprint density at radius 2 is 0.930 bits per heavy atom. The van der Waals surface area contributed by atoms with Crippen LogP contribution in [-0.4, -0.2) is 104 Å². The van der Waals surface area contributed by atoms with Crippen LogP contribution in [0, 0.1) is 0 Å². The molecule has 2 aromatic rings. The van der Waals surface area contributed by atoms with Crippen LogP contribution in [-0.2, 0) is 28.7 Å². The second kappa shape index (κ2) is 14.2. The molecule has 11 N–H and O–H groups in total. The summed E-state index contributed by atoms with van der Waals surface area (Å²) in [5.74, 6) is -8.51. The molecule has 0 fully saturated rings. The van der Waals surface area contributed by atoms with E-state index in [1.807, 2.05) is 53.8 Å². The number of aliphatic hydroxyl groups is 5. The number of ether oxygens (including phenoxy) is 1. The third kappa shape index (κ3) is 8.21. The highest BCUT2D eigenvalue weighted by Gasteiger charge is 2.31. The van der Waals surface area contributed by atoms with Gasteiger partial charge in [-0.25, -0.2) is 9.59 Å². The SMILES string of the molecule is O=C(NC(O)C(=O)NC(O)C(=O)NC(O)C(=O)NC(O)C(=O)NC(O)C(=O)O)OCC1c2ccccc2-c2ccccc21. The average Bonchev–Trinajstić information content (AvgIpc) is 3.29. The van der Waals surface area contributed by atoms with E-state index in [9.17, 15) is 49.2 Å². The largest absolute Gasteiger partial charge is 0.478 e. The first-order valence-corrected chi connectivity index (χ1v) is 12.3. The molecule has 18 nitrogen and oxygen atoms in total. The summed E-state index contributed by atoms with van der Waals surface area (Å²) in [6.45, 7) is -0.143. The molecule has 0 saturated carbocycles. The molecular formula is C25H27N5O13. The lowest BCUT2D eigenvalue weighted by molar-refractivity contribution is -0.154. The highest BCUT2D eigenvalue weighted by molar-refractivity contribution is 5.93. The number of carbonyl (C=O) groups excluding carboxylic acids is 5. The van der Waals surface area contributed by atoms with Gasteiger partial charge in [0.25, 0.3) is 23.6 Å². The Morgan fingerprint density at radius 3 is 1.33 bits per heavy atom. The molecule has 1 aliphatic carbocycles. The van der Waals surface area contributed by atoms with Crippen LogP contribution in [0.1, 0.15) is 17.0 Å². The molecule has 0 aromatic heterocycles. The normalized spacial score (nSPS) is 15.3. The molecule has 0 saturated heterocycles. The Morgan fingerprint density at radius 1 is 0.581 bits per heavy atom. The van der Waals surface area contributed by atoms with E-state index < -0.39 is 66.8 Å². The van der Waals surface area contributed by atoms with Gasteiger partial charge in [0.05, 0.1) is 0 Å². The first kappa shape index (κ1) is 32.4. The van der Waals surface area contributed by atoms with Gasteiger partial charge in [-0.15, -0.1) is 0 Å². The minimum atomic E-state index is -2.52.